The number of amides is 1. The Morgan fingerprint density at radius 3 is 2.53 bits per heavy atom. The predicted molar refractivity (Wildman–Crippen MR) is 72.8 cm³/mol. The number of carbonyl (C=O) groups is 1. The monoisotopic (exact) mass is 276 g/mol. The Hall–Kier alpha value is -1.92. The Balaban J connectivity index is 2.44. The summed E-state index contributed by atoms with van der Waals surface area (Å²) in [6.07, 6.45) is 0. The molecule has 0 saturated carbocycles. The number of rotatable bonds is 2. The van der Waals surface area contributed by atoms with Crippen LogP contribution in [0.1, 0.15) is 10.4 Å². The smallest absolute Gasteiger partial charge is 0.256 e. The van der Waals surface area contributed by atoms with Crippen LogP contribution in [0.2, 0.25) is 0 Å². The van der Waals surface area contributed by atoms with Crippen molar-refractivity contribution in [2.75, 3.05) is 19.4 Å². The van der Waals surface area contributed by atoms with Crippen molar-refractivity contribution in [2.45, 2.75) is 4.90 Å². The van der Waals surface area contributed by atoms with Crippen molar-refractivity contribution in [1.82, 2.24) is 4.31 Å². The number of sulfonamides is 1. The quantitative estimate of drug-likeness (QED) is 0.907. The van der Waals surface area contributed by atoms with Gasteiger partial charge in [-0.15, -0.1) is 0 Å². The molecule has 0 saturated heterocycles. The molecule has 3 rings (SSSR count). The number of hydrogen-bond acceptors (Lipinski definition) is 3. The van der Waals surface area contributed by atoms with E-state index in [1.165, 1.54) is 24.5 Å². The molecule has 1 N–H and O–H groups in total. The van der Waals surface area contributed by atoms with Gasteiger partial charge in [0.2, 0.25) is 10.0 Å². The van der Waals surface area contributed by atoms with E-state index in [0.29, 0.717) is 22.0 Å². The maximum Gasteiger partial charge on any atom is 0.256 e. The first-order valence-electron chi connectivity index (χ1n) is 5.72. The van der Waals surface area contributed by atoms with Crippen molar-refractivity contribution in [1.29, 1.82) is 0 Å². The highest BCUT2D eigenvalue weighted by atomic mass is 32.2. The summed E-state index contributed by atoms with van der Waals surface area (Å²) < 4.78 is 25.8. The molecule has 2 aromatic carbocycles. The summed E-state index contributed by atoms with van der Waals surface area (Å²) in [6, 6.07) is 8.27. The molecule has 98 valence electrons. The van der Waals surface area contributed by atoms with Gasteiger partial charge in [0.15, 0.2) is 0 Å². The van der Waals surface area contributed by atoms with Crippen LogP contribution in [-0.4, -0.2) is 32.7 Å². The Kier molecular flexibility index (Phi) is 2.42. The van der Waals surface area contributed by atoms with Crippen LogP contribution in [0.5, 0.6) is 0 Å². The van der Waals surface area contributed by atoms with E-state index in [1.54, 1.807) is 24.3 Å². The zero-order chi connectivity index (χ0) is 13.8. The fourth-order valence-corrected chi connectivity index (χ4v) is 3.37. The van der Waals surface area contributed by atoms with Gasteiger partial charge in [-0.3, -0.25) is 4.79 Å². The van der Waals surface area contributed by atoms with Gasteiger partial charge in [-0.1, -0.05) is 12.1 Å². The fraction of sp³-hybridized carbons (Fsp3) is 0.154. The zero-order valence-electron chi connectivity index (χ0n) is 10.5. The molecular weight excluding hydrogens is 264 g/mol. The normalized spacial score (nSPS) is 14.2. The van der Waals surface area contributed by atoms with Crippen LogP contribution >= 0.6 is 0 Å². The van der Waals surface area contributed by atoms with Crippen molar-refractivity contribution < 1.29 is 13.2 Å². The summed E-state index contributed by atoms with van der Waals surface area (Å²) >= 11 is 0. The van der Waals surface area contributed by atoms with Crippen LogP contribution < -0.4 is 5.32 Å². The van der Waals surface area contributed by atoms with Gasteiger partial charge < -0.3 is 5.32 Å². The second-order valence-corrected chi connectivity index (χ2v) is 6.70. The molecule has 6 heteroatoms. The summed E-state index contributed by atoms with van der Waals surface area (Å²) in [5.41, 5.74) is 1.18. The first-order valence-corrected chi connectivity index (χ1v) is 7.16. The molecule has 5 nitrogen and oxygen atoms in total. The van der Waals surface area contributed by atoms with Gasteiger partial charge in [-0.2, -0.15) is 0 Å². The lowest BCUT2D eigenvalue weighted by molar-refractivity contribution is 0.103. The summed E-state index contributed by atoms with van der Waals surface area (Å²) in [4.78, 5) is 12.0. The van der Waals surface area contributed by atoms with E-state index in [9.17, 15) is 13.2 Å². The van der Waals surface area contributed by atoms with Crippen molar-refractivity contribution in [3.05, 3.63) is 35.9 Å². The van der Waals surface area contributed by atoms with Crippen LogP contribution in [0.4, 0.5) is 5.69 Å². The topological polar surface area (TPSA) is 66.5 Å². The number of nitrogens with one attached hydrogen (secondary N) is 1. The van der Waals surface area contributed by atoms with Gasteiger partial charge in [-0.25, -0.2) is 12.7 Å². The molecule has 0 atom stereocenters. The second-order valence-electron chi connectivity index (χ2n) is 4.58. The third-order valence-electron chi connectivity index (χ3n) is 3.25. The fourth-order valence-electron chi connectivity index (χ4n) is 2.28. The van der Waals surface area contributed by atoms with Gasteiger partial charge >= 0.3 is 0 Å². The molecule has 0 aromatic heterocycles. The molecule has 19 heavy (non-hydrogen) atoms. The van der Waals surface area contributed by atoms with E-state index < -0.39 is 10.0 Å². The SMILES string of the molecule is CN(C)S(=O)(=O)c1ccc2c3c(cccc13)C(=O)N2. The zero-order valence-corrected chi connectivity index (χ0v) is 11.3. The highest BCUT2D eigenvalue weighted by molar-refractivity contribution is 7.89. The van der Waals surface area contributed by atoms with Crippen LogP contribution in [0.3, 0.4) is 0 Å². The van der Waals surface area contributed by atoms with Crippen LogP contribution in [-0.2, 0) is 10.0 Å². The largest absolute Gasteiger partial charge is 0.321 e. The van der Waals surface area contributed by atoms with Gasteiger partial charge in [0.25, 0.3) is 5.91 Å². The minimum atomic E-state index is -3.53. The van der Waals surface area contributed by atoms with Crippen molar-refractivity contribution >= 4 is 32.4 Å². The predicted octanol–water partition coefficient (Wildman–Crippen LogP) is 1.66. The average Bonchev–Trinajstić information content (AvgIpc) is 2.68. The molecule has 0 unspecified atom stereocenters. The highest BCUT2D eigenvalue weighted by Crippen LogP contribution is 2.36. The van der Waals surface area contributed by atoms with E-state index in [-0.39, 0.29) is 10.8 Å². The standard InChI is InChI=1S/C13H12N2O3S/c1-15(2)19(17,18)11-7-6-10-12-8(11)4-3-5-9(12)13(16)14-10/h3-7H,1-2H3,(H,14,16). The Morgan fingerprint density at radius 1 is 1.11 bits per heavy atom. The maximum atomic E-state index is 12.3. The number of nitrogens with zero attached hydrogens (tertiary/aromatic N) is 1. The molecule has 0 fully saturated rings. The molecule has 0 radical (unpaired) electrons. The summed E-state index contributed by atoms with van der Waals surface area (Å²) in [7, 11) is -0.556. The van der Waals surface area contributed by atoms with Gasteiger partial charge in [0.05, 0.1) is 4.90 Å². The van der Waals surface area contributed by atoms with Gasteiger partial charge in [0, 0.05) is 36.1 Å². The molecule has 1 aliphatic rings. The van der Waals surface area contributed by atoms with Crippen molar-refractivity contribution in [3.63, 3.8) is 0 Å². The third kappa shape index (κ3) is 1.57. The van der Waals surface area contributed by atoms with Crippen LogP contribution in [0, 0.1) is 0 Å². The Morgan fingerprint density at radius 2 is 1.84 bits per heavy atom. The Bertz CT molecular complexity index is 810. The summed E-state index contributed by atoms with van der Waals surface area (Å²) in [5.74, 6) is -0.194. The molecule has 1 aliphatic heterocycles. The summed E-state index contributed by atoms with van der Waals surface area (Å²) in [5, 5.41) is 3.98. The minimum absolute atomic E-state index is 0.194. The number of benzene rings is 2. The van der Waals surface area contributed by atoms with E-state index >= 15 is 0 Å². The number of anilines is 1. The molecule has 1 amide bonds. The van der Waals surface area contributed by atoms with E-state index in [1.807, 2.05) is 0 Å². The number of hydrogen-bond donors (Lipinski definition) is 1. The van der Waals surface area contributed by atoms with Crippen LogP contribution in [0.25, 0.3) is 10.8 Å². The highest BCUT2D eigenvalue weighted by Gasteiger charge is 2.26. The minimum Gasteiger partial charge on any atom is -0.321 e. The van der Waals surface area contributed by atoms with Gasteiger partial charge in [0.1, 0.15) is 0 Å². The average molecular weight is 276 g/mol. The van der Waals surface area contributed by atoms with Gasteiger partial charge in [-0.05, 0) is 18.2 Å². The lowest BCUT2D eigenvalue weighted by Crippen LogP contribution is -2.22. The number of carbonyl (C=O) groups excluding carboxylic acids is 1. The molecule has 1 heterocycles. The lowest BCUT2D eigenvalue weighted by atomic mass is 10.1. The Labute approximate surface area is 110 Å². The van der Waals surface area contributed by atoms with Crippen LogP contribution in [0.15, 0.2) is 35.2 Å². The van der Waals surface area contributed by atoms with E-state index in [2.05, 4.69) is 5.32 Å². The third-order valence-corrected chi connectivity index (χ3v) is 5.13. The maximum absolute atomic E-state index is 12.3. The second kappa shape index (κ2) is 3.79. The molecule has 0 aliphatic carbocycles. The molecule has 0 spiro atoms. The molecule has 2 aromatic rings. The van der Waals surface area contributed by atoms with Crippen molar-refractivity contribution in [3.8, 4) is 0 Å². The van der Waals surface area contributed by atoms with Crippen molar-refractivity contribution in [2.24, 2.45) is 0 Å². The molecule has 0 bridgehead atoms. The first kappa shape index (κ1) is 12.1. The lowest BCUT2D eigenvalue weighted by Gasteiger charge is -2.13. The van der Waals surface area contributed by atoms with E-state index in [4.69, 9.17) is 0 Å². The van der Waals surface area contributed by atoms with E-state index in [0.717, 1.165) is 0 Å². The summed E-state index contributed by atoms with van der Waals surface area (Å²) in [6.45, 7) is 0. The molecular formula is C13H12N2O3S. The first-order chi connectivity index (χ1) is 8.93.